The van der Waals surface area contributed by atoms with Crippen LogP contribution in [-0.2, 0) is 16.1 Å². The molecule has 1 aromatic heterocycles. The van der Waals surface area contributed by atoms with Crippen molar-refractivity contribution in [1.82, 2.24) is 9.47 Å². The van der Waals surface area contributed by atoms with Crippen molar-refractivity contribution in [2.24, 2.45) is 5.92 Å². The summed E-state index contributed by atoms with van der Waals surface area (Å²) in [6.45, 7) is 8.28. The van der Waals surface area contributed by atoms with Crippen molar-refractivity contribution >= 4 is 52.1 Å². The first-order chi connectivity index (χ1) is 16.2. The number of carboxylic acid groups (broad SMARTS) is 1. The van der Waals surface area contributed by atoms with Gasteiger partial charge in [-0.1, -0.05) is 37.8 Å². The number of amides is 1. The number of nitrogens with zero attached hydrogens (tertiary/aromatic N) is 4. The zero-order valence-electron chi connectivity index (χ0n) is 19.8. The van der Waals surface area contributed by atoms with E-state index in [0.717, 1.165) is 38.2 Å². The number of carbonyl (C=O) groups is 2. The number of hydrogen-bond donors (Lipinski definition) is 1. The fraction of sp³-hybridized carbons (Fsp3) is 0.542. The van der Waals surface area contributed by atoms with Gasteiger partial charge < -0.3 is 10.0 Å². The molecule has 34 heavy (non-hydrogen) atoms. The van der Waals surface area contributed by atoms with Gasteiger partial charge in [0.25, 0.3) is 11.5 Å². The third-order valence-corrected chi connectivity index (χ3v) is 7.68. The van der Waals surface area contributed by atoms with Gasteiger partial charge in [-0.15, -0.1) is 0 Å². The van der Waals surface area contributed by atoms with Crippen LogP contribution in [0.25, 0.3) is 6.08 Å². The molecule has 2 fully saturated rings. The van der Waals surface area contributed by atoms with E-state index in [1.807, 2.05) is 6.92 Å². The number of rotatable bonds is 8. The Morgan fingerprint density at radius 2 is 1.97 bits per heavy atom. The quantitative estimate of drug-likeness (QED) is 0.423. The second-order valence-corrected chi connectivity index (χ2v) is 10.5. The van der Waals surface area contributed by atoms with Crippen LogP contribution in [0.1, 0.15) is 62.6 Å². The Balaban J connectivity index is 2.10. The van der Waals surface area contributed by atoms with E-state index in [0.29, 0.717) is 39.2 Å². The van der Waals surface area contributed by atoms with Crippen LogP contribution < -0.4 is 10.5 Å². The molecule has 0 aromatic carbocycles. The minimum absolute atomic E-state index is 0.0414. The van der Waals surface area contributed by atoms with Gasteiger partial charge in [0, 0.05) is 38.2 Å². The molecule has 1 amide bonds. The number of nitriles is 1. The Hall–Kier alpha value is -2.64. The Morgan fingerprint density at radius 3 is 2.56 bits per heavy atom. The number of aliphatic carboxylic acids is 1. The molecule has 0 bridgehead atoms. The number of thioether (sulfide) groups is 1. The molecule has 2 saturated heterocycles. The van der Waals surface area contributed by atoms with Crippen molar-refractivity contribution in [1.29, 1.82) is 5.26 Å². The van der Waals surface area contributed by atoms with Gasteiger partial charge in [-0.05, 0) is 50.2 Å². The number of hydrogen-bond acceptors (Lipinski definition) is 7. The predicted molar refractivity (Wildman–Crippen MR) is 138 cm³/mol. The molecule has 3 heterocycles. The lowest BCUT2D eigenvalue weighted by molar-refractivity contribution is -0.137. The smallest absolute Gasteiger partial charge is 0.303 e. The van der Waals surface area contributed by atoms with E-state index in [1.165, 1.54) is 16.7 Å². The van der Waals surface area contributed by atoms with Crippen LogP contribution in [0.4, 0.5) is 5.82 Å². The highest BCUT2D eigenvalue weighted by Crippen LogP contribution is 2.36. The number of anilines is 1. The summed E-state index contributed by atoms with van der Waals surface area (Å²) in [5, 5.41) is 18.6. The number of pyridine rings is 1. The van der Waals surface area contributed by atoms with Crippen molar-refractivity contribution in [3.05, 3.63) is 31.9 Å². The average Bonchev–Trinajstić information content (AvgIpc) is 3.05. The van der Waals surface area contributed by atoms with Crippen molar-refractivity contribution < 1.29 is 14.7 Å². The van der Waals surface area contributed by atoms with Gasteiger partial charge in [0.15, 0.2) is 0 Å². The van der Waals surface area contributed by atoms with Crippen molar-refractivity contribution in [3.63, 3.8) is 0 Å². The fourth-order valence-electron chi connectivity index (χ4n) is 4.35. The van der Waals surface area contributed by atoms with Gasteiger partial charge in [0.1, 0.15) is 21.8 Å². The van der Waals surface area contributed by atoms with Crippen molar-refractivity contribution in [2.75, 3.05) is 24.5 Å². The molecular formula is C24H30N4O4S2. The second-order valence-electron chi connectivity index (χ2n) is 8.81. The summed E-state index contributed by atoms with van der Waals surface area (Å²) in [7, 11) is 0. The summed E-state index contributed by atoms with van der Waals surface area (Å²) in [5.41, 5.74) is 1.05. The zero-order valence-corrected chi connectivity index (χ0v) is 21.4. The van der Waals surface area contributed by atoms with E-state index in [1.54, 1.807) is 17.6 Å². The maximum absolute atomic E-state index is 13.2. The first-order valence-corrected chi connectivity index (χ1v) is 12.8. The van der Waals surface area contributed by atoms with Gasteiger partial charge in [0.05, 0.1) is 4.91 Å². The minimum Gasteiger partial charge on any atom is -0.481 e. The van der Waals surface area contributed by atoms with Gasteiger partial charge >= 0.3 is 5.97 Å². The van der Waals surface area contributed by atoms with Crippen LogP contribution in [0.15, 0.2) is 9.70 Å². The molecule has 8 nitrogen and oxygen atoms in total. The summed E-state index contributed by atoms with van der Waals surface area (Å²) in [6, 6.07) is 2.07. The van der Waals surface area contributed by atoms with Gasteiger partial charge in [-0.2, -0.15) is 5.26 Å². The van der Waals surface area contributed by atoms with Crippen LogP contribution in [0.2, 0.25) is 0 Å². The number of piperidine rings is 1. The Morgan fingerprint density at radius 1 is 1.29 bits per heavy atom. The van der Waals surface area contributed by atoms with Crippen LogP contribution in [0.3, 0.4) is 0 Å². The first kappa shape index (κ1) is 26.0. The van der Waals surface area contributed by atoms with E-state index in [-0.39, 0.29) is 30.0 Å². The molecule has 0 aliphatic carbocycles. The molecule has 3 rings (SSSR count). The maximum atomic E-state index is 13.2. The lowest BCUT2D eigenvalue weighted by atomic mass is 9.97. The number of carbonyl (C=O) groups excluding carboxylic acids is 1. The standard InChI is InChI=1S/C24H30N4O4S2/c1-4-9-27-21(26-11-7-15(2)8-12-26)17(16(3)18(14-25)22(27)31)13-19-23(32)28(24(33)34-19)10-5-6-20(29)30/h13,15H,4-12H2,1-3H3,(H,29,30)/b19-13+. The second kappa shape index (κ2) is 11.2. The van der Waals surface area contributed by atoms with Crippen molar-refractivity contribution in [2.45, 2.75) is 59.4 Å². The number of aromatic nitrogens is 1. The van der Waals surface area contributed by atoms with E-state index < -0.39 is 5.97 Å². The molecular weight excluding hydrogens is 472 g/mol. The molecule has 2 aliphatic heterocycles. The third kappa shape index (κ3) is 5.36. The lowest BCUT2D eigenvalue weighted by Crippen LogP contribution is -2.39. The van der Waals surface area contributed by atoms with Crippen LogP contribution in [0.5, 0.6) is 0 Å². The van der Waals surface area contributed by atoms with E-state index in [4.69, 9.17) is 17.3 Å². The van der Waals surface area contributed by atoms with Gasteiger partial charge in [-0.25, -0.2) is 0 Å². The Bertz CT molecular complexity index is 1130. The summed E-state index contributed by atoms with van der Waals surface area (Å²) >= 11 is 6.56. The molecule has 1 aromatic rings. The molecule has 0 radical (unpaired) electrons. The largest absolute Gasteiger partial charge is 0.481 e. The van der Waals surface area contributed by atoms with Crippen molar-refractivity contribution in [3.8, 4) is 6.07 Å². The van der Waals surface area contributed by atoms with E-state index in [2.05, 4.69) is 17.9 Å². The monoisotopic (exact) mass is 502 g/mol. The molecule has 0 unspecified atom stereocenters. The first-order valence-electron chi connectivity index (χ1n) is 11.6. The fourth-order valence-corrected chi connectivity index (χ4v) is 5.64. The molecule has 182 valence electrons. The van der Waals surface area contributed by atoms with Gasteiger partial charge in [0.2, 0.25) is 0 Å². The highest BCUT2D eigenvalue weighted by Gasteiger charge is 2.33. The van der Waals surface area contributed by atoms with E-state index >= 15 is 0 Å². The highest BCUT2D eigenvalue weighted by atomic mass is 32.2. The number of carboxylic acids is 1. The van der Waals surface area contributed by atoms with Crippen LogP contribution >= 0.6 is 24.0 Å². The van der Waals surface area contributed by atoms with Gasteiger partial charge in [-0.3, -0.25) is 23.9 Å². The molecule has 2 aliphatic rings. The maximum Gasteiger partial charge on any atom is 0.303 e. The normalized spacial score (nSPS) is 18.1. The van der Waals surface area contributed by atoms with Crippen LogP contribution in [-0.4, -0.2) is 50.4 Å². The molecule has 1 N–H and O–H groups in total. The van der Waals surface area contributed by atoms with E-state index in [9.17, 15) is 19.6 Å². The highest BCUT2D eigenvalue weighted by molar-refractivity contribution is 8.26. The summed E-state index contributed by atoms with van der Waals surface area (Å²) < 4.78 is 2.07. The molecule has 0 saturated carbocycles. The SMILES string of the molecule is CCCn1c(N2CCC(C)CC2)c(/C=C2/SC(=S)N(CCCC(=O)O)C2=O)c(C)c(C#N)c1=O. The van der Waals surface area contributed by atoms with Crippen LogP contribution in [0, 0.1) is 24.2 Å². The predicted octanol–water partition coefficient (Wildman–Crippen LogP) is 3.74. The summed E-state index contributed by atoms with van der Waals surface area (Å²) in [4.78, 5) is 41.2. The summed E-state index contributed by atoms with van der Waals surface area (Å²) in [5.74, 6) is 0.169. The third-order valence-electron chi connectivity index (χ3n) is 6.30. The molecule has 0 spiro atoms. The average molecular weight is 503 g/mol. The Labute approximate surface area is 209 Å². The molecule has 0 atom stereocenters. The number of thiocarbonyl (C=S) groups is 1. The topological polar surface area (TPSA) is 107 Å². The lowest BCUT2D eigenvalue weighted by Gasteiger charge is -2.35. The minimum atomic E-state index is -0.917. The summed E-state index contributed by atoms with van der Waals surface area (Å²) in [6.07, 6.45) is 4.77. The Kier molecular flexibility index (Phi) is 8.55. The molecule has 10 heteroatoms. The zero-order chi connectivity index (χ0) is 25.0.